The third-order valence-electron chi connectivity index (χ3n) is 10.8. The minimum absolute atomic E-state index is 1.13. The molecule has 0 amide bonds. The Balaban J connectivity index is 0.996. The minimum atomic E-state index is 1.13. The van der Waals surface area contributed by atoms with Crippen molar-refractivity contribution in [1.82, 2.24) is 4.57 Å². The molecule has 0 radical (unpaired) electrons. The van der Waals surface area contributed by atoms with E-state index in [0.29, 0.717) is 0 Å². The first-order valence-corrected chi connectivity index (χ1v) is 18.9. The number of anilines is 3. The molecule has 0 fully saturated rings. The molecule has 11 rings (SSSR count). The first-order chi connectivity index (χ1) is 26.3. The molecule has 11 aromatic rings. The van der Waals surface area contributed by atoms with Crippen molar-refractivity contribution in [3.05, 3.63) is 194 Å². The Bertz CT molecular complexity index is 3060. The quantitative estimate of drug-likeness (QED) is 0.174. The molecule has 0 aliphatic rings. The van der Waals surface area contributed by atoms with E-state index in [1.165, 1.54) is 74.6 Å². The number of benzene rings is 9. The van der Waals surface area contributed by atoms with Crippen molar-refractivity contribution in [1.29, 1.82) is 0 Å². The lowest BCUT2D eigenvalue weighted by Crippen LogP contribution is -2.09. The predicted molar refractivity (Wildman–Crippen MR) is 229 cm³/mol. The molecule has 9 aromatic carbocycles. The van der Waals surface area contributed by atoms with Crippen LogP contribution in [0.4, 0.5) is 17.1 Å². The average Bonchev–Trinajstić information content (AvgIpc) is 3.78. The Hall–Kier alpha value is -6.68. The monoisotopic (exact) mass is 692 g/mol. The van der Waals surface area contributed by atoms with Gasteiger partial charge in [0.25, 0.3) is 0 Å². The van der Waals surface area contributed by atoms with Gasteiger partial charge >= 0.3 is 0 Å². The molecule has 2 aromatic heterocycles. The number of hydrogen-bond acceptors (Lipinski definition) is 2. The molecule has 0 atom stereocenters. The van der Waals surface area contributed by atoms with Gasteiger partial charge in [-0.15, -0.1) is 11.3 Å². The number of thiophene rings is 1. The second-order valence-corrected chi connectivity index (χ2v) is 14.8. The van der Waals surface area contributed by atoms with Gasteiger partial charge in [0, 0.05) is 53.7 Å². The van der Waals surface area contributed by atoms with Crippen LogP contribution in [0.2, 0.25) is 0 Å². The highest BCUT2D eigenvalue weighted by Crippen LogP contribution is 2.42. The van der Waals surface area contributed by atoms with Gasteiger partial charge in [0.1, 0.15) is 0 Å². The maximum Gasteiger partial charge on any atom is 0.0547 e. The van der Waals surface area contributed by atoms with E-state index in [1.807, 2.05) is 11.3 Å². The van der Waals surface area contributed by atoms with Crippen molar-refractivity contribution >= 4 is 91.9 Å². The SMILES string of the molecule is c1ccc(N(c2ccc(-c3ccc(-n4c5ccc6ccccc6c5c5c6ccccc6ccc54)cc3)cc2)c2ccc3sc4ccccc4c3c2)cc1. The number of hydrogen-bond donors (Lipinski definition) is 0. The summed E-state index contributed by atoms with van der Waals surface area (Å²) in [4.78, 5) is 2.36. The summed E-state index contributed by atoms with van der Waals surface area (Å²) in [6.45, 7) is 0. The smallest absolute Gasteiger partial charge is 0.0547 e. The van der Waals surface area contributed by atoms with Crippen molar-refractivity contribution in [2.75, 3.05) is 4.90 Å². The van der Waals surface area contributed by atoms with Crippen LogP contribution in [0.15, 0.2) is 194 Å². The van der Waals surface area contributed by atoms with Crippen molar-refractivity contribution in [3.63, 3.8) is 0 Å². The molecule has 0 aliphatic carbocycles. The summed E-state index contributed by atoms with van der Waals surface area (Å²) >= 11 is 1.85. The standard InChI is InChI=1S/C50H32N2S/c1-2-12-37(13-3-1)51(40-28-31-48-44(32-40)43-16-8-9-17-47(43)53-48)38-24-18-33(19-25-38)34-20-26-39(27-21-34)52-45-29-22-35-10-4-6-14-41(35)49(45)50-42-15-7-5-11-36(42)23-30-46(50)52/h1-32H. The summed E-state index contributed by atoms with van der Waals surface area (Å²) in [5, 5.41) is 10.3. The van der Waals surface area contributed by atoms with Crippen LogP contribution in [0.5, 0.6) is 0 Å². The topological polar surface area (TPSA) is 8.17 Å². The molecule has 0 N–H and O–H groups in total. The highest BCUT2D eigenvalue weighted by molar-refractivity contribution is 7.25. The van der Waals surface area contributed by atoms with E-state index in [2.05, 4.69) is 204 Å². The molecule has 0 saturated carbocycles. The number of nitrogens with zero attached hydrogens (tertiary/aromatic N) is 2. The summed E-state index contributed by atoms with van der Waals surface area (Å²) in [6, 6.07) is 70.9. The van der Waals surface area contributed by atoms with E-state index in [0.717, 1.165) is 22.7 Å². The molecule has 3 heteroatoms. The van der Waals surface area contributed by atoms with Gasteiger partial charge in [-0.2, -0.15) is 0 Å². The third kappa shape index (κ3) is 4.78. The lowest BCUT2D eigenvalue weighted by atomic mass is 10.00. The van der Waals surface area contributed by atoms with Crippen LogP contribution in [0.1, 0.15) is 0 Å². The summed E-state index contributed by atoms with van der Waals surface area (Å²) in [6.07, 6.45) is 0. The largest absolute Gasteiger partial charge is 0.310 e. The molecule has 2 nitrogen and oxygen atoms in total. The molecular weight excluding hydrogens is 661 g/mol. The Morgan fingerprint density at radius 3 is 1.53 bits per heavy atom. The van der Waals surface area contributed by atoms with E-state index in [9.17, 15) is 0 Å². The van der Waals surface area contributed by atoms with Gasteiger partial charge in [-0.05, 0) is 105 Å². The van der Waals surface area contributed by atoms with Crippen molar-refractivity contribution in [3.8, 4) is 16.8 Å². The highest BCUT2D eigenvalue weighted by atomic mass is 32.1. The summed E-state index contributed by atoms with van der Waals surface area (Å²) in [5.74, 6) is 0. The van der Waals surface area contributed by atoms with Gasteiger partial charge < -0.3 is 9.47 Å². The maximum absolute atomic E-state index is 2.43. The third-order valence-corrected chi connectivity index (χ3v) is 11.9. The van der Waals surface area contributed by atoms with Crippen LogP contribution in [0.3, 0.4) is 0 Å². The Kier molecular flexibility index (Phi) is 6.76. The normalized spacial score (nSPS) is 11.8. The summed E-state index contributed by atoms with van der Waals surface area (Å²) in [7, 11) is 0. The van der Waals surface area contributed by atoms with Crippen LogP contribution in [-0.2, 0) is 0 Å². The van der Waals surface area contributed by atoms with Crippen molar-refractivity contribution in [2.45, 2.75) is 0 Å². The zero-order chi connectivity index (χ0) is 34.9. The molecule has 0 aliphatic heterocycles. The van der Waals surface area contributed by atoms with Crippen LogP contribution in [0, 0.1) is 0 Å². The molecule has 0 bridgehead atoms. The second kappa shape index (κ2) is 11.9. The zero-order valence-electron chi connectivity index (χ0n) is 28.8. The second-order valence-electron chi connectivity index (χ2n) is 13.7. The molecule has 0 unspecified atom stereocenters. The number of rotatable bonds is 5. The van der Waals surface area contributed by atoms with Crippen LogP contribution in [-0.4, -0.2) is 4.57 Å². The van der Waals surface area contributed by atoms with Gasteiger partial charge in [0.15, 0.2) is 0 Å². The lowest BCUT2D eigenvalue weighted by molar-refractivity contribution is 1.18. The van der Waals surface area contributed by atoms with Crippen LogP contribution >= 0.6 is 11.3 Å². The van der Waals surface area contributed by atoms with E-state index in [-0.39, 0.29) is 0 Å². The molecule has 248 valence electrons. The van der Waals surface area contributed by atoms with Gasteiger partial charge in [-0.1, -0.05) is 121 Å². The molecule has 0 saturated heterocycles. The van der Waals surface area contributed by atoms with Gasteiger partial charge in [-0.25, -0.2) is 0 Å². The molecule has 0 spiro atoms. The van der Waals surface area contributed by atoms with Crippen molar-refractivity contribution < 1.29 is 0 Å². The van der Waals surface area contributed by atoms with Gasteiger partial charge in [0.2, 0.25) is 0 Å². The minimum Gasteiger partial charge on any atom is -0.310 e. The number of aromatic nitrogens is 1. The maximum atomic E-state index is 2.43. The first kappa shape index (κ1) is 30.0. The van der Waals surface area contributed by atoms with Crippen molar-refractivity contribution in [2.24, 2.45) is 0 Å². The first-order valence-electron chi connectivity index (χ1n) is 18.1. The fourth-order valence-electron chi connectivity index (χ4n) is 8.31. The Morgan fingerprint density at radius 2 is 0.868 bits per heavy atom. The van der Waals surface area contributed by atoms with Gasteiger partial charge in [0.05, 0.1) is 11.0 Å². The van der Waals surface area contributed by atoms with Crippen LogP contribution < -0.4 is 4.90 Å². The number of fused-ring (bicyclic) bond motifs is 10. The summed E-state index contributed by atoms with van der Waals surface area (Å²) < 4.78 is 5.06. The molecular formula is C50H32N2S. The molecule has 53 heavy (non-hydrogen) atoms. The average molecular weight is 693 g/mol. The Morgan fingerprint density at radius 1 is 0.358 bits per heavy atom. The van der Waals surface area contributed by atoms with Crippen LogP contribution in [0.25, 0.3) is 80.3 Å². The predicted octanol–water partition coefficient (Wildman–Crippen LogP) is 14.6. The van der Waals surface area contributed by atoms with E-state index < -0.39 is 0 Å². The van der Waals surface area contributed by atoms with Gasteiger partial charge in [-0.3, -0.25) is 0 Å². The fourth-order valence-corrected chi connectivity index (χ4v) is 9.40. The zero-order valence-corrected chi connectivity index (χ0v) is 29.6. The lowest BCUT2D eigenvalue weighted by Gasteiger charge is -2.26. The number of para-hydroxylation sites is 1. The van der Waals surface area contributed by atoms with E-state index in [4.69, 9.17) is 0 Å². The summed E-state index contributed by atoms with van der Waals surface area (Å²) in [5.41, 5.74) is 9.39. The van der Waals surface area contributed by atoms with E-state index >= 15 is 0 Å². The fraction of sp³-hybridized carbons (Fsp3) is 0. The highest BCUT2D eigenvalue weighted by Gasteiger charge is 2.18. The Labute approximate surface area is 311 Å². The van der Waals surface area contributed by atoms with E-state index in [1.54, 1.807) is 0 Å². The molecule has 2 heterocycles.